The molecule has 0 saturated heterocycles. The van der Waals surface area contributed by atoms with Crippen molar-refractivity contribution in [3.05, 3.63) is 65.7 Å². The number of nitrogens with zero attached hydrogens (tertiary/aromatic N) is 1. The molecule has 0 N–H and O–H groups in total. The molecule has 3 heteroatoms. The lowest BCUT2D eigenvalue weighted by molar-refractivity contribution is 0.0929. The van der Waals surface area contributed by atoms with Gasteiger partial charge in [0.05, 0.1) is 13.7 Å². The summed E-state index contributed by atoms with van der Waals surface area (Å²) in [7, 11) is 1.61. The van der Waals surface area contributed by atoms with E-state index in [0.29, 0.717) is 17.9 Å². The molecule has 2 aromatic carbocycles. The molecular formula is C18H21NO2. The summed E-state index contributed by atoms with van der Waals surface area (Å²) in [5, 5.41) is 0. The van der Waals surface area contributed by atoms with E-state index >= 15 is 0 Å². The third kappa shape index (κ3) is 4.43. The average Bonchev–Trinajstić information content (AvgIpc) is 2.55. The maximum absolute atomic E-state index is 12.4. The molecule has 0 saturated carbocycles. The zero-order valence-electron chi connectivity index (χ0n) is 12.6. The van der Waals surface area contributed by atoms with Crippen LogP contribution in [0, 0.1) is 0 Å². The van der Waals surface area contributed by atoms with Gasteiger partial charge in [-0.25, -0.2) is 0 Å². The molecule has 0 aromatic heterocycles. The van der Waals surface area contributed by atoms with Gasteiger partial charge in [-0.1, -0.05) is 49.4 Å². The maximum atomic E-state index is 12.4. The summed E-state index contributed by atoms with van der Waals surface area (Å²) < 4.78 is 5.17. The Hall–Kier alpha value is -2.13. The Morgan fingerprint density at radius 2 is 1.86 bits per heavy atom. The van der Waals surface area contributed by atoms with Crippen LogP contribution < -0.4 is 4.74 Å². The van der Waals surface area contributed by atoms with E-state index in [0.717, 1.165) is 13.1 Å². The predicted octanol–water partition coefficient (Wildman–Crippen LogP) is 3.40. The van der Waals surface area contributed by atoms with Gasteiger partial charge >= 0.3 is 0 Å². The van der Waals surface area contributed by atoms with E-state index in [1.165, 1.54) is 5.56 Å². The van der Waals surface area contributed by atoms with Crippen LogP contribution in [0.1, 0.15) is 22.8 Å². The minimum atomic E-state index is 0.117. The number of benzene rings is 2. The third-order valence-electron chi connectivity index (χ3n) is 3.46. The second-order valence-electron chi connectivity index (χ2n) is 4.94. The van der Waals surface area contributed by atoms with Crippen molar-refractivity contribution in [1.82, 2.24) is 4.90 Å². The molecule has 110 valence electrons. The Bertz CT molecular complexity index is 581. The van der Waals surface area contributed by atoms with Crippen molar-refractivity contribution < 1.29 is 9.53 Å². The molecule has 0 radical (unpaired) electrons. The highest BCUT2D eigenvalue weighted by molar-refractivity contribution is 5.97. The summed E-state index contributed by atoms with van der Waals surface area (Å²) in [6.45, 7) is 4.11. The summed E-state index contributed by atoms with van der Waals surface area (Å²) in [6, 6.07) is 17.5. The van der Waals surface area contributed by atoms with Crippen LogP contribution in [0.25, 0.3) is 0 Å². The van der Waals surface area contributed by atoms with Crippen LogP contribution in [-0.2, 0) is 6.54 Å². The zero-order chi connectivity index (χ0) is 15.1. The standard InChI is InChI=1S/C18H21NO2/c1-3-19(13-15-8-5-4-6-9-15)14-18(20)16-10-7-11-17(12-16)21-2/h4-12H,3,13-14H2,1-2H3. The lowest BCUT2D eigenvalue weighted by Gasteiger charge is -2.19. The number of carbonyl (C=O) groups is 1. The van der Waals surface area contributed by atoms with Crippen LogP contribution in [-0.4, -0.2) is 30.9 Å². The van der Waals surface area contributed by atoms with Crippen molar-refractivity contribution in [1.29, 1.82) is 0 Å². The first kappa shape index (κ1) is 15.3. The Kier molecular flexibility index (Phi) is 5.52. The second-order valence-corrected chi connectivity index (χ2v) is 4.94. The molecule has 3 nitrogen and oxygen atoms in total. The molecule has 0 aliphatic carbocycles. The number of likely N-dealkylation sites (N-methyl/N-ethyl adjacent to an activating group) is 1. The van der Waals surface area contributed by atoms with E-state index in [4.69, 9.17) is 4.74 Å². The van der Waals surface area contributed by atoms with E-state index in [-0.39, 0.29) is 5.78 Å². The lowest BCUT2D eigenvalue weighted by atomic mass is 10.1. The SMILES string of the molecule is CCN(CC(=O)c1cccc(OC)c1)Cc1ccccc1. The van der Waals surface area contributed by atoms with Crippen LogP contribution in [0.4, 0.5) is 0 Å². The van der Waals surface area contributed by atoms with E-state index in [1.54, 1.807) is 13.2 Å². The summed E-state index contributed by atoms with van der Waals surface area (Å²) in [5.41, 5.74) is 1.92. The quantitative estimate of drug-likeness (QED) is 0.729. The molecule has 0 fully saturated rings. The molecule has 0 heterocycles. The number of carbonyl (C=O) groups excluding carboxylic acids is 1. The molecule has 2 rings (SSSR count). The minimum Gasteiger partial charge on any atom is -0.497 e. The average molecular weight is 283 g/mol. The fraction of sp³-hybridized carbons (Fsp3) is 0.278. The molecular weight excluding hydrogens is 262 g/mol. The smallest absolute Gasteiger partial charge is 0.176 e. The second kappa shape index (κ2) is 7.60. The molecule has 0 bridgehead atoms. The van der Waals surface area contributed by atoms with Crippen molar-refractivity contribution in [3.63, 3.8) is 0 Å². The Labute approximate surface area is 126 Å². The zero-order valence-corrected chi connectivity index (χ0v) is 12.6. The van der Waals surface area contributed by atoms with Gasteiger partial charge in [0.25, 0.3) is 0 Å². The highest BCUT2D eigenvalue weighted by atomic mass is 16.5. The van der Waals surface area contributed by atoms with Gasteiger partial charge in [0.2, 0.25) is 0 Å². The number of ether oxygens (including phenoxy) is 1. The maximum Gasteiger partial charge on any atom is 0.176 e. The first-order chi connectivity index (χ1) is 10.2. The fourth-order valence-electron chi connectivity index (χ4n) is 2.21. The Morgan fingerprint density at radius 3 is 2.52 bits per heavy atom. The number of hydrogen-bond acceptors (Lipinski definition) is 3. The number of hydrogen-bond donors (Lipinski definition) is 0. The number of ketones is 1. The molecule has 0 amide bonds. The van der Waals surface area contributed by atoms with Crippen molar-refractivity contribution >= 4 is 5.78 Å². The topological polar surface area (TPSA) is 29.5 Å². The normalized spacial score (nSPS) is 10.6. The van der Waals surface area contributed by atoms with Gasteiger partial charge in [0.1, 0.15) is 5.75 Å². The van der Waals surface area contributed by atoms with E-state index < -0.39 is 0 Å². The van der Waals surface area contributed by atoms with E-state index in [9.17, 15) is 4.79 Å². The van der Waals surface area contributed by atoms with Crippen molar-refractivity contribution in [2.45, 2.75) is 13.5 Å². The first-order valence-corrected chi connectivity index (χ1v) is 7.16. The summed E-state index contributed by atoms with van der Waals surface area (Å²) in [6.07, 6.45) is 0. The van der Waals surface area contributed by atoms with Crippen LogP contribution in [0.15, 0.2) is 54.6 Å². The van der Waals surface area contributed by atoms with Gasteiger partial charge in [-0.15, -0.1) is 0 Å². The van der Waals surface area contributed by atoms with Crippen LogP contribution >= 0.6 is 0 Å². The molecule has 0 aliphatic heterocycles. The Morgan fingerprint density at radius 1 is 1.10 bits per heavy atom. The molecule has 2 aromatic rings. The summed E-state index contributed by atoms with van der Waals surface area (Å²) in [4.78, 5) is 14.5. The molecule has 0 spiro atoms. The third-order valence-corrected chi connectivity index (χ3v) is 3.46. The monoisotopic (exact) mass is 283 g/mol. The van der Waals surface area contributed by atoms with Gasteiger partial charge in [0.15, 0.2) is 5.78 Å². The molecule has 0 aliphatic rings. The lowest BCUT2D eigenvalue weighted by Crippen LogP contribution is -2.29. The molecule has 0 unspecified atom stereocenters. The Balaban J connectivity index is 2.02. The van der Waals surface area contributed by atoms with Crippen LogP contribution in [0.3, 0.4) is 0 Å². The number of Topliss-reactive ketones (excluding diaryl/α,β-unsaturated/α-hetero) is 1. The predicted molar refractivity (Wildman–Crippen MR) is 84.7 cm³/mol. The van der Waals surface area contributed by atoms with Crippen LogP contribution in [0.5, 0.6) is 5.75 Å². The summed E-state index contributed by atoms with van der Waals surface area (Å²) >= 11 is 0. The molecule has 21 heavy (non-hydrogen) atoms. The minimum absolute atomic E-state index is 0.117. The van der Waals surface area contributed by atoms with Crippen LogP contribution in [0.2, 0.25) is 0 Å². The summed E-state index contributed by atoms with van der Waals surface area (Å²) in [5.74, 6) is 0.832. The van der Waals surface area contributed by atoms with Crippen molar-refractivity contribution in [3.8, 4) is 5.75 Å². The van der Waals surface area contributed by atoms with E-state index in [1.807, 2.05) is 36.4 Å². The first-order valence-electron chi connectivity index (χ1n) is 7.16. The highest BCUT2D eigenvalue weighted by Crippen LogP contribution is 2.14. The van der Waals surface area contributed by atoms with Gasteiger partial charge < -0.3 is 4.74 Å². The van der Waals surface area contributed by atoms with Crippen molar-refractivity contribution in [2.75, 3.05) is 20.2 Å². The highest BCUT2D eigenvalue weighted by Gasteiger charge is 2.12. The van der Waals surface area contributed by atoms with Gasteiger partial charge in [-0.2, -0.15) is 0 Å². The fourth-order valence-corrected chi connectivity index (χ4v) is 2.21. The number of methoxy groups -OCH3 is 1. The van der Waals surface area contributed by atoms with Gasteiger partial charge in [-0.3, -0.25) is 9.69 Å². The number of rotatable bonds is 7. The van der Waals surface area contributed by atoms with Crippen molar-refractivity contribution in [2.24, 2.45) is 0 Å². The van der Waals surface area contributed by atoms with Gasteiger partial charge in [0, 0.05) is 12.1 Å². The molecule has 0 atom stereocenters. The van der Waals surface area contributed by atoms with Gasteiger partial charge in [-0.05, 0) is 24.2 Å². The van der Waals surface area contributed by atoms with E-state index in [2.05, 4.69) is 24.0 Å². The largest absolute Gasteiger partial charge is 0.497 e.